The van der Waals surface area contributed by atoms with Crippen molar-refractivity contribution in [2.45, 2.75) is 32.7 Å². The van der Waals surface area contributed by atoms with Crippen LogP contribution >= 0.6 is 0 Å². The number of amidine groups is 1. The number of nitrogens with zero attached hydrogens (tertiary/aromatic N) is 2. The molecule has 4 N–H and O–H groups in total. The van der Waals surface area contributed by atoms with E-state index in [4.69, 9.17) is 10.9 Å². The molecule has 98 valence electrons. The van der Waals surface area contributed by atoms with Crippen LogP contribution in [0.1, 0.15) is 36.2 Å². The Kier molecular flexibility index (Phi) is 4.25. The standard InChI is InChI=1S/C12H18N4O2/c1-4-12(3,11(13)16-18)15-10(17)9-5-8(2)6-14-7-9/h5-7,18H,4H2,1-3H3,(H2,13,16)(H,15,17). The molecule has 18 heavy (non-hydrogen) atoms. The van der Waals surface area contributed by atoms with Crippen LogP contribution in [-0.4, -0.2) is 27.5 Å². The van der Waals surface area contributed by atoms with Gasteiger partial charge in [0.15, 0.2) is 5.84 Å². The quantitative estimate of drug-likeness (QED) is 0.321. The van der Waals surface area contributed by atoms with Crippen LogP contribution in [0.2, 0.25) is 0 Å². The monoisotopic (exact) mass is 250 g/mol. The first kappa shape index (κ1) is 14.0. The third-order valence-corrected chi connectivity index (χ3v) is 2.91. The molecule has 0 fully saturated rings. The normalized spacial score (nSPS) is 14.9. The number of hydrogen-bond donors (Lipinski definition) is 3. The number of nitrogens with two attached hydrogens (primary N) is 1. The van der Waals surface area contributed by atoms with E-state index in [0.717, 1.165) is 5.56 Å². The van der Waals surface area contributed by atoms with Crippen LogP contribution in [-0.2, 0) is 0 Å². The highest BCUT2D eigenvalue weighted by molar-refractivity contribution is 5.99. The van der Waals surface area contributed by atoms with Crippen molar-refractivity contribution in [3.8, 4) is 0 Å². The zero-order chi connectivity index (χ0) is 13.8. The van der Waals surface area contributed by atoms with Crippen LogP contribution < -0.4 is 11.1 Å². The van der Waals surface area contributed by atoms with Gasteiger partial charge >= 0.3 is 0 Å². The van der Waals surface area contributed by atoms with Crippen LogP contribution in [0.15, 0.2) is 23.6 Å². The third-order valence-electron chi connectivity index (χ3n) is 2.91. The van der Waals surface area contributed by atoms with Crippen molar-refractivity contribution in [2.75, 3.05) is 0 Å². The lowest BCUT2D eigenvalue weighted by Gasteiger charge is -2.27. The van der Waals surface area contributed by atoms with Gasteiger partial charge in [-0.3, -0.25) is 9.78 Å². The number of hydrogen-bond acceptors (Lipinski definition) is 4. The lowest BCUT2D eigenvalue weighted by atomic mass is 9.97. The van der Waals surface area contributed by atoms with Gasteiger partial charge in [-0.1, -0.05) is 12.1 Å². The van der Waals surface area contributed by atoms with E-state index in [0.29, 0.717) is 12.0 Å². The summed E-state index contributed by atoms with van der Waals surface area (Å²) in [5, 5.41) is 14.4. The van der Waals surface area contributed by atoms with Crippen LogP contribution in [0.25, 0.3) is 0 Å². The molecule has 6 nitrogen and oxygen atoms in total. The first-order chi connectivity index (χ1) is 8.42. The fourth-order valence-electron chi connectivity index (χ4n) is 1.45. The molecule has 1 aromatic heterocycles. The largest absolute Gasteiger partial charge is 0.409 e. The van der Waals surface area contributed by atoms with Crippen molar-refractivity contribution in [2.24, 2.45) is 10.9 Å². The highest BCUT2D eigenvalue weighted by Crippen LogP contribution is 2.11. The molecule has 6 heteroatoms. The van der Waals surface area contributed by atoms with Crippen molar-refractivity contribution in [3.05, 3.63) is 29.6 Å². The molecule has 0 radical (unpaired) electrons. The molecule has 0 aromatic carbocycles. The predicted molar refractivity (Wildman–Crippen MR) is 68.5 cm³/mol. The summed E-state index contributed by atoms with van der Waals surface area (Å²) in [5.41, 5.74) is 6.05. The fourth-order valence-corrected chi connectivity index (χ4v) is 1.45. The van der Waals surface area contributed by atoms with Crippen molar-refractivity contribution < 1.29 is 10.0 Å². The maximum absolute atomic E-state index is 12.0. The van der Waals surface area contributed by atoms with E-state index in [1.165, 1.54) is 6.20 Å². The van der Waals surface area contributed by atoms with E-state index in [2.05, 4.69) is 15.5 Å². The van der Waals surface area contributed by atoms with Gasteiger partial charge in [0.2, 0.25) is 0 Å². The average molecular weight is 250 g/mol. The van der Waals surface area contributed by atoms with Gasteiger partial charge in [-0.2, -0.15) is 0 Å². The summed E-state index contributed by atoms with van der Waals surface area (Å²) in [6, 6.07) is 1.73. The molecule has 1 aromatic rings. The van der Waals surface area contributed by atoms with Crippen LogP contribution in [0.4, 0.5) is 0 Å². The highest BCUT2D eigenvalue weighted by atomic mass is 16.4. The minimum absolute atomic E-state index is 0.0287. The van der Waals surface area contributed by atoms with E-state index < -0.39 is 5.54 Å². The molecule has 0 aliphatic heterocycles. The lowest BCUT2D eigenvalue weighted by molar-refractivity contribution is 0.0924. The van der Waals surface area contributed by atoms with E-state index >= 15 is 0 Å². The Morgan fingerprint density at radius 3 is 2.78 bits per heavy atom. The second-order valence-corrected chi connectivity index (χ2v) is 4.38. The molecule has 1 amide bonds. The SMILES string of the molecule is CCC(C)(NC(=O)c1cncc(C)c1)C(N)=NO. The molecular weight excluding hydrogens is 232 g/mol. The van der Waals surface area contributed by atoms with Gasteiger partial charge in [-0.25, -0.2) is 0 Å². The minimum atomic E-state index is -0.879. The average Bonchev–Trinajstić information content (AvgIpc) is 2.37. The summed E-state index contributed by atoms with van der Waals surface area (Å²) in [4.78, 5) is 16.0. The van der Waals surface area contributed by atoms with Crippen LogP contribution in [0.5, 0.6) is 0 Å². The number of rotatable bonds is 4. The Hall–Kier alpha value is -2.11. The molecule has 0 bridgehead atoms. The van der Waals surface area contributed by atoms with Crippen LogP contribution in [0, 0.1) is 6.92 Å². The summed E-state index contributed by atoms with van der Waals surface area (Å²) in [6.07, 6.45) is 3.65. The highest BCUT2D eigenvalue weighted by Gasteiger charge is 2.30. The maximum Gasteiger partial charge on any atom is 0.253 e. The van der Waals surface area contributed by atoms with E-state index in [-0.39, 0.29) is 11.7 Å². The van der Waals surface area contributed by atoms with Gasteiger partial charge < -0.3 is 16.3 Å². The lowest BCUT2D eigenvalue weighted by Crippen LogP contribution is -2.55. The molecule has 1 atom stereocenters. The summed E-state index contributed by atoms with van der Waals surface area (Å²) < 4.78 is 0. The minimum Gasteiger partial charge on any atom is -0.409 e. The Balaban J connectivity index is 2.93. The van der Waals surface area contributed by atoms with Gasteiger partial charge in [0.05, 0.1) is 11.1 Å². The Labute approximate surface area is 106 Å². The predicted octanol–water partition coefficient (Wildman–Crippen LogP) is 1.03. The van der Waals surface area contributed by atoms with Crippen molar-refractivity contribution in [1.29, 1.82) is 0 Å². The summed E-state index contributed by atoms with van der Waals surface area (Å²) >= 11 is 0. The molecule has 0 aliphatic rings. The molecule has 1 rings (SSSR count). The zero-order valence-electron chi connectivity index (χ0n) is 10.8. The number of nitrogens with one attached hydrogen (secondary N) is 1. The number of pyridine rings is 1. The third kappa shape index (κ3) is 2.97. The molecule has 0 saturated heterocycles. The molecule has 0 spiro atoms. The molecule has 1 unspecified atom stereocenters. The second kappa shape index (κ2) is 5.48. The van der Waals surface area contributed by atoms with Crippen molar-refractivity contribution >= 4 is 11.7 Å². The number of aromatic nitrogens is 1. The number of aryl methyl sites for hydroxylation is 1. The Morgan fingerprint density at radius 2 is 2.28 bits per heavy atom. The Morgan fingerprint density at radius 1 is 1.61 bits per heavy atom. The molecule has 0 aliphatic carbocycles. The topological polar surface area (TPSA) is 101 Å². The smallest absolute Gasteiger partial charge is 0.253 e. The maximum atomic E-state index is 12.0. The van der Waals surface area contributed by atoms with E-state index in [1.807, 2.05) is 13.8 Å². The number of amides is 1. The Bertz CT molecular complexity index is 473. The van der Waals surface area contributed by atoms with Crippen molar-refractivity contribution in [1.82, 2.24) is 10.3 Å². The van der Waals surface area contributed by atoms with Gasteiger partial charge in [0, 0.05) is 12.4 Å². The number of carbonyl (C=O) groups excluding carboxylic acids is 1. The van der Waals surface area contributed by atoms with E-state index in [9.17, 15) is 4.79 Å². The molecule has 1 heterocycles. The van der Waals surface area contributed by atoms with Gasteiger partial charge in [-0.05, 0) is 31.9 Å². The number of carbonyl (C=O) groups is 1. The number of oxime groups is 1. The summed E-state index contributed by atoms with van der Waals surface area (Å²) in [7, 11) is 0. The first-order valence-corrected chi connectivity index (χ1v) is 5.65. The van der Waals surface area contributed by atoms with Crippen molar-refractivity contribution in [3.63, 3.8) is 0 Å². The zero-order valence-corrected chi connectivity index (χ0v) is 10.8. The van der Waals surface area contributed by atoms with E-state index in [1.54, 1.807) is 19.2 Å². The van der Waals surface area contributed by atoms with Gasteiger partial charge in [-0.15, -0.1) is 0 Å². The second-order valence-electron chi connectivity index (χ2n) is 4.38. The first-order valence-electron chi connectivity index (χ1n) is 5.65. The summed E-state index contributed by atoms with van der Waals surface area (Å²) in [5.74, 6) is -0.332. The molecule has 0 saturated carbocycles. The van der Waals surface area contributed by atoms with Gasteiger partial charge in [0.25, 0.3) is 5.91 Å². The fraction of sp³-hybridized carbons (Fsp3) is 0.417. The van der Waals surface area contributed by atoms with Crippen LogP contribution in [0.3, 0.4) is 0 Å². The summed E-state index contributed by atoms with van der Waals surface area (Å²) in [6.45, 7) is 5.39. The van der Waals surface area contributed by atoms with Gasteiger partial charge in [0.1, 0.15) is 0 Å². The molecular formula is C12H18N4O2.